The first kappa shape index (κ1) is 3.22. The normalized spacial score (nSPS) is 32.4. The summed E-state index contributed by atoms with van der Waals surface area (Å²) in [5.41, 5.74) is 0. The van der Waals surface area contributed by atoms with E-state index >= 15 is 0 Å². The van der Waals surface area contributed by atoms with E-state index < -0.39 is 31.3 Å². The Kier molecular flexibility index (Phi) is 0.562. The molecule has 3 fully saturated rings. The standard InChI is InChI=1S/In.O3P/c;1-4(2)3/q+3;-3. The first-order valence-corrected chi connectivity index (χ1v) is 6.39. The Balaban J connectivity index is 2.19. The van der Waals surface area contributed by atoms with E-state index in [1.165, 1.54) is 0 Å². The van der Waals surface area contributed by atoms with Crippen LogP contribution in [0.25, 0.3) is 0 Å². The van der Waals surface area contributed by atoms with Crippen molar-refractivity contribution in [1.29, 1.82) is 0 Å². The van der Waals surface area contributed by atoms with E-state index in [1.54, 1.807) is 0 Å². The van der Waals surface area contributed by atoms with Gasteiger partial charge in [-0.3, -0.25) is 0 Å². The van der Waals surface area contributed by atoms with Crippen LogP contribution in [0.1, 0.15) is 0 Å². The molecule has 0 aromatic heterocycles. The van der Waals surface area contributed by atoms with Crippen molar-refractivity contribution in [3.63, 3.8) is 0 Å². The second-order valence-electron chi connectivity index (χ2n) is 0.829. The molecule has 0 N–H and O–H groups in total. The Labute approximate surface area is 39.6 Å². The summed E-state index contributed by atoms with van der Waals surface area (Å²) in [6.07, 6.45) is 0. The zero-order valence-electron chi connectivity index (χ0n) is 2.25. The van der Waals surface area contributed by atoms with E-state index in [0.717, 1.165) is 0 Å². The second kappa shape index (κ2) is 0.873. The van der Waals surface area contributed by atoms with E-state index in [9.17, 15) is 0 Å². The molecule has 3 nitrogen and oxygen atoms in total. The minimum absolute atomic E-state index is 0.681. The van der Waals surface area contributed by atoms with Crippen LogP contribution in [0.3, 0.4) is 0 Å². The fourth-order valence-corrected chi connectivity index (χ4v) is 4.72. The van der Waals surface area contributed by atoms with E-state index in [4.69, 9.17) is 7.92 Å². The molecule has 3 rings (SSSR count). The molecular formula is InO3P. The van der Waals surface area contributed by atoms with Gasteiger partial charge in [0.2, 0.25) is 0 Å². The minimum atomic E-state index is -1.83. The van der Waals surface area contributed by atoms with Gasteiger partial charge in [0.05, 0.1) is 0 Å². The van der Waals surface area contributed by atoms with Gasteiger partial charge in [0, 0.05) is 0 Å². The summed E-state index contributed by atoms with van der Waals surface area (Å²) >= 11 is -1.83. The molecule has 0 spiro atoms. The van der Waals surface area contributed by atoms with E-state index in [1.807, 2.05) is 0 Å². The van der Waals surface area contributed by atoms with Gasteiger partial charge in [-0.05, 0) is 0 Å². The number of hydrogen-bond acceptors (Lipinski definition) is 3. The van der Waals surface area contributed by atoms with Gasteiger partial charge >= 0.3 is 39.3 Å². The molecule has 0 unspecified atom stereocenters. The SMILES string of the molecule is [O]1P2[O][In]1[O]2. The molecule has 0 aromatic rings. The van der Waals surface area contributed by atoms with Crippen LogP contribution in [0.2, 0.25) is 0 Å². The first-order valence-electron chi connectivity index (χ1n) is 1.25. The average molecular weight is 194 g/mol. The van der Waals surface area contributed by atoms with E-state index in [0.29, 0.717) is 0 Å². The zero-order valence-corrected chi connectivity index (χ0v) is 6.44. The van der Waals surface area contributed by atoms with Crippen molar-refractivity contribution >= 4 is 31.3 Å². The molecule has 3 aliphatic rings. The average Bonchev–Trinajstić information content (AvgIpc) is 0.592. The molecule has 3 heterocycles. The van der Waals surface area contributed by atoms with Gasteiger partial charge in [0.15, 0.2) is 0 Å². The van der Waals surface area contributed by atoms with Crippen molar-refractivity contribution in [1.82, 2.24) is 0 Å². The zero-order chi connectivity index (χ0) is 3.28. The van der Waals surface area contributed by atoms with Crippen LogP contribution >= 0.6 is 8.60 Å². The summed E-state index contributed by atoms with van der Waals surface area (Å²) in [6.45, 7) is 0. The summed E-state index contributed by atoms with van der Waals surface area (Å²) in [4.78, 5) is 0. The molecule has 0 amide bonds. The summed E-state index contributed by atoms with van der Waals surface area (Å²) in [5.74, 6) is 0. The summed E-state index contributed by atoms with van der Waals surface area (Å²) in [6, 6.07) is 0. The Morgan fingerprint density at radius 2 is 1.40 bits per heavy atom. The van der Waals surface area contributed by atoms with Crippen LogP contribution in [-0.2, 0) is 7.92 Å². The van der Waals surface area contributed by atoms with Crippen molar-refractivity contribution in [2.75, 3.05) is 0 Å². The fourth-order valence-electron chi connectivity index (χ4n) is 0.235. The molecule has 3 saturated heterocycles. The van der Waals surface area contributed by atoms with Crippen LogP contribution < -0.4 is 0 Å². The van der Waals surface area contributed by atoms with Crippen molar-refractivity contribution in [2.24, 2.45) is 0 Å². The predicted molar refractivity (Wildman–Crippen MR) is 15.9 cm³/mol. The van der Waals surface area contributed by atoms with Gasteiger partial charge in [0.1, 0.15) is 0 Å². The first-order chi connectivity index (χ1) is 2.45. The van der Waals surface area contributed by atoms with Gasteiger partial charge < -0.3 is 0 Å². The van der Waals surface area contributed by atoms with Gasteiger partial charge in [-0.2, -0.15) is 0 Å². The fraction of sp³-hybridized carbons (Fsp3) is 0. The summed E-state index contributed by atoms with van der Waals surface area (Å²) < 4.78 is 14.6. The van der Waals surface area contributed by atoms with Crippen molar-refractivity contribution in [3.8, 4) is 0 Å². The van der Waals surface area contributed by atoms with E-state index in [-0.39, 0.29) is 0 Å². The van der Waals surface area contributed by atoms with Crippen LogP contribution in [0.5, 0.6) is 0 Å². The third-order valence-corrected chi connectivity index (χ3v) is 10.4. The monoisotopic (exact) mass is 194 g/mol. The molecule has 0 saturated carbocycles. The van der Waals surface area contributed by atoms with Gasteiger partial charge in [-0.15, -0.1) is 0 Å². The molecule has 2 bridgehead atoms. The summed E-state index contributed by atoms with van der Waals surface area (Å²) in [5, 5.41) is 0. The summed E-state index contributed by atoms with van der Waals surface area (Å²) in [7, 11) is -0.681. The molecule has 5 heavy (non-hydrogen) atoms. The van der Waals surface area contributed by atoms with Crippen molar-refractivity contribution < 1.29 is 7.92 Å². The third kappa shape index (κ3) is 0.302. The Morgan fingerprint density at radius 3 is 1.40 bits per heavy atom. The van der Waals surface area contributed by atoms with Crippen LogP contribution in [0.4, 0.5) is 0 Å². The molecule has 0 aromatic carbocycles. The maximum atomic E-state index is 4.86. The molecular weight excluding hydrogens is 194 g/mol. The Bertz CT molecular complexity index is 43.6. The molecule has 5 heteroatoms. The predicted octanol–water partition coefficient (Wildman–Crippen LogP) is 0.275. The van der Waals surface area contributed by atoms with Crippen LogP contribution in [0, 0.1) is 0 Å². The number of rotatable bonds is 0. The maximum absolute atomic E-state index is 4.86. The van der Waals surface area contributed by atoms with Gasteiger partial charge in [-0.25, -0.2) is 0 Å². The quantitative estimate of drug-likeness (QED) is 0.518. The Hall–Kier alpha value is 1.18. The van der Waals surface area contributed by atoms with Gasteiger partial charge in [0.25, 0.3) is 0 Å². The van der Waals surface area contributed by atoms with E-state index in [2.05, 4.69) is 0 Å². The van der Waals surface area contributed by atoms with Crippen molar-refractivity contribution in [3.05, 3.63) is 0 Å². The number of hydrogen-bond donors (Lipinski definition) is 0. The van der Waals surface area contributed by atoms with Crippen LogP contribution in [0.15, 0.2) is 0 Å². The third-order valence-electron chi connectivity index (χ3n) is 0.516. The molecule has 26 valence electrons. The second-order valence-corrected chi connectivity index (χ2v) is 8.97. The molecule has 0 radical (unpaired) electrons. The van der Waals surface area contributed by atoms with Gasteiger partial charge in [-0.1, -0.05) is 0 Å². The molecule has 0 aliphatic carbocycles. The van der Waals surface area contributed by atoms with Crippen LogP contribution in [-0.4, -0.2) is 22.7 Å². The topological polar surface area (TPSA) is 27.7 Å². The molecule has 3 aliphatic heterocycles. The van der Waals surface area contributed by atoms with Crippen molar-refractivity contribution in [2.45, 2.75) is 0 Å². The Morgan fingerprint density at radius 1 is 1.20 bits per heavy atom. The molecule has 0 atom stereocenters.